The first kappa shape index (κ1) is 23.2. The number of rotatable bonds is 5. The highest BCUT2D eigenvalue weighted by atomic mass is 35.5. The quantitative estimate of drug-likeness (QED) is 0.504. The monoisotopic (exact) mass is 494 g/mol. The van der Waals surface area contributed by atoms with Crippen LogP contribution in [0.4, 0.5) is 18.9 Å². The predicted octanol–water partition coefficient (Wildman–Crippen LogP) is 3.65. The lowest BCUT2D eigenvalue weighted by molar-refractivity contribution is -0.137. The maximum atomic E-state index is 13.1. The molecule has 2 aromatic rings. The van der Waals surface area contributed by atoms with Crippen LogP contribution in [0, 0.1) is 16.7 Å². The third kappa shape index (κ3) is 4.30. The number of hydrogen-bond acceptors (Lipinski definition) is 5. The van der Waals surface area contributed by atoms with E-state index in [0.29, 0.717) is 18.6 Å². The molecular weight excluding hydrogens is 480 g/mol. The molecule has 3 rings (SSSR count). The molecule has 0 amide bonds. The highest BCUT2D eigenvalue weighted by molar-refractivity contribution is 7.93. The molecule has 1 aromatic carbocycles. The van der Waals surface area contributed by atoms with Crippen LogP contribution < -0.4 is 4.31 Å². The number of halogens is 5. The molecule has 1 saturated heterocycles. The smallest absolute Gasteiger partial charge is 0.360 e. The molecule has 1 fully saturated rings. The number of aromatic nitrogens is 2. The zero-order chi connectivity index (χ0) is 23.1. The molecule has 2 heterocycles. The van der Waals surface area contributed by atoms with Crippen LogP contribution in [0.5, 0.6) is 0 Å². The minimum absolute atomic E-state index is 0.0132. The van der Waals surface area contributed by atoms with Crippen molar-refractivity contribution in [3.05, 3.63) is 39.1 Å². The van der Waals surface area contributed by atoms with Gasteiger partial charge in [-0.1, -0.05) is 23.2 Å². The van der Waals surface area contributed by atoms with Crippen LogP contribution in [-0.2, 0) is 22.7 Å². The van der Waals surface area contributed by atoms with Crippen molar-refractivity contribution in [2.75, 3.05) is 23.7 Å². The maximum Gasteiger partial charge on any atom is 0.416 e. The Morgan fingerprint density at radius 3 is 2.39 bits per heavy atom. The molecule has 8 nitrogen and oxygen atoms in total. The summed E-state index contributed by atoms with van der Waals surface area (Å²) in [5, 5.41) is 20.3. The van der Waals surface area contributed by atoms with Gasteiger partial charge in [0, 0.05) is 13.6 Å². The average Bonchev–Trinajstić information content (AvgIpc) is 3.19. The minimum atomic E-state index is -4.69. The van der Waals surface area contributed by atoms with Crippen LogP contribution >= 0.6 is 23.2 Å². The molecule has 0 spiro atoms. The van der Waals surface area contributed by atoms with Crippen molar-refractivity contribution >= 4 is 45.3 Å². The maximum absolute atomic E-state index is 13.1. The van der Waals surface area contributed by atoms with Crippen LogP contribution in [0.1, 0.15) is 23.4 Å². The van der Waals surface area contributed by atoms with E-state index >= 15 is 0 Å². The molecule has 0 unspecified atom stereocenters. The van der Waals surface area contributed by atoms with Crippen LogP contribution in [-0.4, -0.2) is 48.8 Å². The molecule has 1 aliphatic heterocycles. The van der Waals surface area contributed by atoms with Crippen molar-refractivity contribution in [3.8, 4) is 11.8 Å². The standard InChI is InChI=1S/C17H15Cl2F3N6O2S/c1-26(9-24)8-14-16(27-3-2-4-31(27,29)30)13(7-23)25-28(14)15-11(18)5-10(6-12(15)19)17(20,21)22/h5-6,9,24H,2-4,8H2,1H3. The average molecular weight is 495 g/mol. The van der Waals surface area contributed by atoms with Gasteiger partial charge in [0.2, 0.25) is 10.0 Å². The first-order valence-electron chi connectivity index (χ1n) is 8.70. The van der Waals surface area contributed by atoms with Gasteiger partial charge in [-0.3, -0.25) is 9.71 Å². The Hall–Kier alpha value is -2.49. The molecule has 0 atom stereocenters. The fourth-order valence-electron chi connectivity index (χ4n) is 3.21. The first-order valence-corrected chi connectivity index (χ1v) is 11.1. The fourth-order valence-corrected chi connectivity index (χ4v) is 5.45. The third-order valence-corrected chi connectivity index (χ3v) is 7.00. The molecule has 1 aliphatic rings. The van der Waals surface area contributed by atoms with Crippen molar-refractivity contribution in [2.45, 2.75) is 19.1 Å². The molecular formula is C17H15Cl2F3N6O2S. The van der Waals surface area contributed by atoms with Crippen LogP contribution in [0.3, 0.4) is 0 Å². The first-order chi connectivity index (χ1) is 14.4. The molecule has 166 valence electrons. The van der Waals surface area contributed by atoms with Gasteiger partial charge in [0.25, 0.3) is 0 Å². The molecule has 0 aliphatic carbocycles. The topological polar surface area (TPSA) is 106 Å². The summed E-state index contributed by atoms with van der Waals surface area (Å²) in [6, 6.07) is 3.17. The summed E-state index contributed by atoms with van der Waals surface area (Å²) >= 11 is 12.2. The second kappa shape index (κ2) is 8.22. The zero-order valence-corrected chi connectivity index (χ0v) is 18.2. The van der Waals surface area contributed by atoms with Gasteiger partial charge in [-0.15, -0.1) is 0 Å². The number of hydrogen-bond donors (Lipinski definition) is 1. The Morgan fingerprint density at radius 2 is 1.94 bits per heavy atom. The van der Waals surface area contributed by atoms with Crippen molar-refractivity contribution in [2.24, 2.45) is 0 Å². The van der Waals surface area contributed by atoms with E-state index in [1.54, 1.807) is 0 Å². The number of benzene rings is 1. The van der Waals surface area contributed by atoms with Gasteiger partial charge in [0.15, 0.2) is 5.69 Å². The van der Waals surface area contributed by atoms with E-state index in [2.05, 4.69) is 5.10 Å². The Labute approximate surface area is 185 Å². The Bertz CT molecular complexity index is 1170. The van der Waals surface area contributed by atoms with E-state index in [4.69, 9.17) is 28.6 Å². The number of nitrogens with zero attached hydrogens (tertiary/aromatic N) is 5. The largest absolute Gasteiger partial charge is 0.416 e. The molecule has 1 N–H and O–H groups in total. The van der Waals surface area contributed by atoms with Gasteiger partial charge in [-0.25, -0.2) is 13.1 Å². The highest BCUT2D eigenvalue weighted by Crippen LogP contribution is 2.40. The van der Waals surface area contributed by atoms with Crippen LogP contribution in [0.2, 0.25) is 10.0 Å². The van der Waals surface area contributed by atoms with Gasteiger partial charge in [0.05, 0.1) is 39.9 Å². The van der Waals surface area contributed by atoms with E-state index in [0.717, 1.165) is 15.3 Å². The van der Waals surface area contributed by atoms with E-state index in [9.17, 15) is 26.9 Å². The lowest BCUT2D eigenvalue weighted by atomic mass is 10.2. The van der Waals surface area contributed by atoms with Gasteiger partial charge in [-0.2, -0.15) is 23.5 Å². The Kier molecular flexibility index (Phi) is 6.14. The lowest BCUT2D eigenvalue weighted by Crippen LogP contribution is -2.28. The van der Waals surface area contributed by atoms with E-state index in [1.165, 1.54) is 11.9 Å². The zero-order valence-electron chi connectivity index (χ0n) is 15.9. The summed E-state index contributed by atoms with van der Waals surface area (Å²) in [5.74, 6) is -0.120. The van der Waals surface area contributed by atoms with Crippen LogP contribution in [0.15, 0.2) is 12.1 Å². The fraction of sp³-hybridized carbons (Fsp3) is 0.353. The molecule has 1 aromatic heterocycles. The highest BCUT2D eigenvalue weighted by Gasteiger charge is 2.37. The minimum Gasteiger partial charge on any atom is -0.360 e. The van der Waals surface area contributed by atoms with Gasteiger partial charge in [0.1, 0.15) is 17.4 Å². The van der Waals surface area contributed by atoms with Gasteiger partial charge in [-0.05, 0) is 18.6 Å². The number of anilines is 1. The van der Waals surface area contributed by atoms with Crippen molar-refractivity contribution in [3.63, 3.8) is 0 Å². The van der Waals surface area contributed by atoms with Crippen molar-refractivity contribution in [1.29, 1.82) is 10.7 Å². The predicted molar refractivity (Wildman–Crippen MR) is 109 cm³/mol. The lowest BCUT2D eigenvalue weighted by Gasteiger charge is -2.21. The third-order valence-electron chi connectivity index (χ3n) is 4.58. The van der Waals surface area contributed by atoms with E-state index in [1.807, 2.05) is 6.07 Å². The van der Waals surface area contributed by atoms with E-state index < -0.39 is 21.8 Å². The number of nitriles is 1. The molecule has 14 heteroatoms. The summed E-state index contributed by atoms with van der Waals surface area (Å²) < 4.78 is 66.5. The summed E-state index contributed by atoms with van der Waals surface area (Å²) in [6.45, 7) is 0.0195. The number of nitrogens with one attached hydrogen (secondary N) is 1. The van der Waals surface area contributed by atoms with Gasteiger partial charge < -0.3 is 4.90 Å². The normalized spacial score (nSPS) is 15.7. The second-order valence-electron chi connectivity index (χ2n) is 6.74. The second-order valence-corrected chi connectivity index (χ2v) is 9.57. The molecule has 0 saturated carbocycles. The Balaban J connectivity index is 2.32. The summed E-state index contributed by atoms with van der Waals surface area (Å²) in [6.07, 6.45) is -3.40. The Morgan fingerprint density at radius 1 is 1.32 bits per heavy atom. The van der Waals surface area contributed by atoms with E-state index in [-0.39, 0.29) is 51.7 Å². The van der Waals surface area contributed by atoms with Crippen LogP contribution in [0.25, 0.3) is 5.69 Å². The van der Waals surface area contributed by atoms with Crippen molar-refractivity contribution in [1.82, 2.24) is 14.7 Å². The molecule has 31 heavy (non-hydrogen) atoms. The molecule has 0 bridgehead atoms. The van der Waals surface area contributed by atoms with Crippen molar-refractivity contribution < 1.29 is 21.6 Å². The summed E-state index contributed by atoms with van der Waals surface area (Å²) in [5.41, 5.74) is -1.34. The summed E-state index contributed by atoms with van der Waals surface area (Å²) in [7, 11) is -2.19. The summed E-state index contributed by atoms with van der Waals surface area (Å²) in [4.78, 5) is 1.37. The SMILES string of the molecule is CN(C=N)Cc1c(N2CCCS2(=O)=O)c(C#N)nn1-c1c(Cl)cc(C(F)(F)F)cc1Cl. The molecule has 0 radical (unpaired) electrons. The van der Waals surface area contributed by atoms with Gasteiger partial charge >= 0.3 is 6.18 Å². The number of alkyl halides is 3. The number of sulfonamides is 1.